The highest BCUT2D eigenvalue weighted by Gasteiger charge is 2.45. The maximum Gasteiger partial charge on any atom is 0.434 e. The zero-order valence-corrected chi connectivity index (χ0v) is 23.5. The van der Waals surface area contributed by atoms with Crippen LogP contribution in [0.3, 0.4) is 0 Å². The van der Waals surface area contributed by atoms with Gasteiger partial charge in [0.1, 0.15) is 0 Å². The van der Waals surface area contributed by atoms with Gasteiger partial charge in [0.25, 0.3) is 5.56 Å². The van der Waals surface area contributed by atoms with E-state index in [9.17, 15) is 22.8 Å². The number of ether oxygens (including phenoxy) is 1. The average Bonchev–Trinajstić information content (AvgIpc) is 3.50. The molecule has 212 valence electrons. The van der Waals surface area contributed by atoms with E-state index >= 15 is 0 Å². The van der Waals surface area contributed by atoms with Gasteiger partial charge in [0, 0.05) is 21.5 Å². The van der Waals surface area contributed by atoms with Gasteiger partial charge in [-0.05, 0) is 42.3 Å². The second kappa shape index (κ2) is 10.8. The minimum absolute atomic E-state index is 0.154. The average molecular weight is 608 g/mol. The fraction of sp³-hybridized carbons (Fsp3) is 0.129. The van der Waals surface area contributed by atoms with Crippen molar-refractivity contribution in [2.24, 2.45) is 4.99 Å². The Morgan fingerprint density at radius 3 is 2.45 bits per heavy atom. The molecule has 1 atom stereocenters. The molecule has 0 fully saturated rings. The van der Waals surface area contributed by atoms with E-state index in [1.54, 1.807) is 6.08 Å². The normalized spacial score (nSPS) is 15.5. The Bertz CT molecular complexity index is 2040. The molecule has 0 radical (unpaired) electrons. The molecule has 1 aliphatic rings. The van der Waals surface area contributed by atoms with E-state index in [-0.39, 0.29) is 21.5 Å². The minimum atomic E-state index is -4.99. The van der Waals surface area contributed by atoms with Gasteiger partial charge in [0.05, 0.1) is 28.4 Å². The monoisotopic (exact) mass is 607 g/mol. The summed E-state index contributed by atoms with van der Waals surface area (Å²) in [5, 5.41) is 1.18. The standard InChI is InChI=1S/C31H21ClF3N3O3S/c1-2-41-29(40)24-26(18-12-14-19(32)15-13-18)38-28(39)23(42-30(38)37-27(24)31(33,34)35)16-21-20-10-6-7-11-22(20)36-25(21)17-8-4-3-5-9-17/h3-16,26,36H,2H2,1H3/b23-16-/t26-/m1/s1. The number of benzene rings is 3. The number of hydrogen-bond donors (Lipinski definition) is 1. The number of alkyl halides is 3. The molecule has 0 saturated heterocycles. The molecule has 6 nitrogen and oxygen atoms in total. The van der Waals surface area contributed by atoms with Gasteiger partial charge >= 0.3 is 12.1 Å². The van der Waals surface area contributed by atoms with E-state index in [1.165, 1.54) is 31.2 Å². The lowest BCUT2D eigenvalue weighted by atomic mass is 9.95. The number of aromatic nitrogens is 2. The summed E-state index contributed by atoms with van der Waals surface area (Å²) in [4.78, 5) is 34.1. The number of allylic oxidation sites excluding steroid dienone is 1. The number of hydrogen-bond acceptors (Lipinski definition) is 5. The topological polar surface area (TPSA) is 76.4 Å². The Labute approximate surface area is 245 Å². The van der Waals surface area contributed by atoms with Crippen LogP contribution in [0, 0.1) is 0 Å². The highest BCUT2D eigenvalue weighted by molar-refractivity contribution is 7.07. The Hall–Kier alpha value is -4.41. The third kappa shape index (κ3) is 4.86. The lowest BCUT2D eigenvalue weighted by molar-refractivity contribution is -0.140. The number of nitrogens with one attached hydrogen (secondary N) is 1. The number of thiazole rings is 1. The summed E-state index contributed by atoms with van der Waals surface area (Å²) >= 11 is 6.88. The van der Waals surface area contributed by atoms with Gasteiger partial charge in [-0.1, -0.05) is 83.6 Å². The Morgan fingerprint density at radius 2 is 1.76 bits per heavy atom. The van der Waals surface area contributed by atoms with Crippen molar-refractivity contribution in [3.8, 4) is 11.3 Å². The van der Waals surface area contributed by atoms with Crippen LogP contribution in [0.25, 0.3) is 28.2 Å². The third-order valence-electron chi connectivity index (χ3n) is 6.86. The fourth-order valence-electron chi connectivity index (χ4n) is 5.08. The van der Waals surface area contributed by atoms with Crippen LogP contribution in [-0.4, -0.2) is 28.3 Å². The van der Waals surface area contributed by atoms with Crippen LogP contribution in [-0.2, 0) is 9.53 Å². The van der Waals surface area contributed by atoms with E-state index in [1.807, 2.05) is 54.6 Å². The molecule has 2 aromatic heterocycles. The van der Waals surface area contributed by atoms with Crippen molar-refractivity contribution < 1.29 is 22.7 Å². The van der Waals surface area contributed by atoms with Crippen LogP contribution in [0.15, 0.2) is 99.9 Å². The zero-order valence-electron chi connectivity index (χ0n) is 21.9. The lowest BCUT2D eigenvalue weighted by Crippen LogP contribution is -2.41. The highest BCUT2D eigenvalue weighted by atomic mass is 35.5. The first-order chi connectivity index (χ1) is 20.2. The number of rotatable bonds is 5. The van der Waals surface area contributed by atoms with Gasteiger partial charge in [-0.2, -0.15) is 13.2 Å². The smallest absolute Gasteiger partial charge is 0.434 e. The number of carbonyl (C=O) groups excluding carboxylic acids is 1. The van der Waals surface area contributed by atoms with Gasteiger partial charge in [0.15, 0.2) is 10.5 Å². The van der Waals surface area contributed by atoms with Crippen LogP contribution in [0.5, 0.6) is 0 Å². The largest absolute Gasteiger partial charge is 0.463 e. The number of halogens is 4. The maximum atomic E-state index is 14.4. The molecule has 0 unspecified atom stereocenters. The molecule has 1 aliphatic heterocycles. The number of nitrogens with zero attached hydrogens (tertiary/aromatic N) is 2. The van der Waals surface area contributed by atoms with Crippen LogP contribution < -0.4 is 14.9 Å². The highest BCUT2D eigenvalue weighted by Crippen LogP contribution is 2.38. The second-order valence-corrected chi connectivity index (χ2v) is 10.9. The molecule has 3 aromatic carbocycles. The van der Waals surface area contributed by atoms with Gasteiger partial charge < -0.3 is 9.72 Å². The Kier molecular flexibility index (Phi) is 7.12. The summed E-state index contributed by atoms with van der Waals surface area (Å²) in [6, 6.07) is 21.6. The SMILES string of the molecule is CCOC(=O)C1=C(C(F)(F)F)N=c2s/c(=C\c3c(-c4ccccc4)[nH]c4ccccc34)c(=O)n2[C@@H]1c1ccc(Cl)cc1. The first kappa shape index (κ1) is 27.7. The number of carbonyl (C=O) groups is 1. The molecule has 11 heteroatoms. The predicted molar refractivity (Wildman–Crippen MR) is 156 cm³/mol. The predicted octanol–water partition coefficient (Wildman–Crippen LogP) is 6.14. The van der Waals surface area contributed by atoms with Gasteiger partial charge in [-0.15, -0.1) is 0 Å². The lowest BCUT2D eigenvalue weighted by Gasteiger charge is -2.26. The second-order valence-electron chi connectivity index (χ2n) is 9.44. The fourth-order valence-corrected chi connectivity index (χ4v) is 6.19. The van der Waals surface area contributed by atoms with Gasteiger partial charge in [0.2, 0.25) is 0 Å². The van der Waals surface area contributed by atoms with E-state index in [0.29, 0.717) is 10.6 Å². The summed E-state index contributed by atoms with van der Waals surface area (Å²) in [7, 11) is 0. The van der Waals surface area contributed by atoms with Crippen molar-refractivity contribution in [3.63, 3.8) is 0 Å². The molecule has 0 bridgehead atoms. The van der Waals surface area contributed by atoms with Crippen molar-refractivity contribution in [2.75, 3.05) is 6.61 Å². The van der Waals surface area contributed by atoms with Gasteiger partial charge in [-0.25, -0.2) is 9.79 Å². The number of esters is 1. The van der Waals surface area contributed by atoms with Crippen molar-refractivity contribution in [1.29, 1.82) is 0 Å². The zero-order chi connectivity index (χ0) is 29.6. The molecule has 1 N–H and O–H groups in total. The number of H-pyrrole nitrogens is 1. The number of fused-ring (bicyclic) bond motifs is 2. The molecule has 0 spiro atoms. The van der Waals surface area contributed by atoms with Crippen molar-refractivity contribution in [3.05, 3.63) is 126 Å². The van der Waals surface area contributed by atoms with Crippen molar-refractivity contribution >= 4 is 45.9 Å². The van der Waals surface area contributed by atoms with E-state index in [4.69, 9.17) is 16.3 Å². The molecule has 42 heavy (non-hydrogen) atoms. The summed E-state index contributed by atoms with van der Waals surface area (Å²) in [5.74, 6) is -1.20. The summed E-state index contributed by atoms with van der Waals surface area (Å²) < 4.78 is 49.5. The Balaban J connectivity index is 1.66. The van der Waals surface area contributed by atoms with Crippen LogP contribution >= 0.6 is 22.9 Å². The first-order valence-corrected chi connectivity index (χ1v) is 14.1. The molecular formula is C31H21ClF3N3O3S. The van der Waals surface area contributed by atoms with Crippen molar-refractivity contribution in [1.82, 2.24) is 9.55 Å². The van der Waals surface area contributed by atoms with Crippen molar-refractivity contribution in [2.45, 2.75) is 19.1 Å². The molecule has 3 heterocycles. The first-order valence-electron chi connectivity index (χ1n) is 12.9. The molecule has 0 aliphatic carbocycles. The van der Waals surface area contributed by atoms with E-state index < -0.39 is 35.0 Å². The third-order valence-corrected chi connectivity index (χ3v) is 8.10. The van der Waals surface area contributed by atoms with E-state index in [0.717, 1.165) is 38.1 Å². The summed E-state index contributed by atoms with van der Waals surface area (Å²) in [6.45, 7) is 1.33. The number of para-hydroxylation sites is 1. The van der Waals surface area contributed by atoms with Crippen LogP contribution in [0.4, 0.5) is 13.2 Å². The number of aromatic amines is 1. The molecule has 6 rings (SSSR count). The quantitative estimate of drug-likeness (QED) is 0.244. The molecule has 0 saturated carbocycles. The van der Waals surface area contributed by atoms with Crippen LogP contribution in [0.1, 0.15) is 24.1 Å². The van der Waals surface area contributed by atoms with Crippen LogP contribution in [0.2, 0.25) is 5.02 Å². The maximum absolute atomic E-state index is 14.4. The Morgan fingerprint density at radius 1 is 1.07 bits per heavy atom. The molecular weight excluding hydrogens is 587 g/mol. The summed E-state index contributed by atoms with van der Waals surface area (Å²) in [5.41, 5.74) is 0.656. The van der Waals surface area contributed by atoms with Gasteiger partial charge in [-0.3, -0.25) is 9.36 Å². The molecule has 5 aromatic rings. The minimum Gasteiger partial charge on any atom is -0.463 e. The van der Waals surface area contributed by atoms with E-state index in [2.05, 4.69) is 9.98 Å². The summed E-state index contributed by atoms with van der Waals surface area (Å²) in [6.07, 6.45) is -3.33. The molecule has 0 amide bonds.